The average Bonchev–Trinajstić information content (AvgIpc) is 2.70. The van der Waals surface area contributed by atoms with Gasteiger partial charge in [0.25, 0.3) is 0 Å². The van der Waals surface area contributed by atoms with E-state index in [1.165, 1.54) is 12.1 Å². The maximum Gasteiger partial charge on any atom is 0.238 e. The average molecular weight is 306 g/mol. The van der Waals surface area contributed by atoms with Crippen molar-refractivity contribution in [1.29, 1.82) is 0 Å². The fourth-order valence-corrected chi connectivity index (χ4v) is 2.89. The van der Waals surface area contributed by atoms with Gasteiger partial charge in [-0.05, 0) is 44.0 Å². The van der Waals surface area contributed by atoms with Crippen LogP contribution in [0.25, 0.3) is 0 Å². The fourth-order valence-electron chi connectivity index (χ4n) is 2.38. The zero-order chi connectivity index (χ0) is 15.6. The van der Waals surface area contributed by atoms with Crippen LogP contribution in [0.1, 0.15) is 27.3 Å². The van der Waals surface area contributed by atoms with Gasteiger partial charge in [-0.15, -0.1) is 0 Å². The van der Waals surface area contributed by atoms with Crippen LogP contribution in [0.5, 0.6) is 0 Å². The van der Waals surface area contributed by atoms with Crippen LogP contribution in [0.4, 0.5) is 0 Å². The third-order valence-electron chi connectivity index (χ3n) is 3.62. The van der Waals surface area contributed by atoms with Gasteiger partial charge in [0.2, 0.25) is 10.0 Å². The quantitative estimate of drug-likeness (QED) is 0.855. The number of rotatable bonds is 5. The third kappa shape index (κ3) is 3.40. The highest BCUT2D eigenvalue weighted by molar-refractivity contribution is 7.89. The number of sulfonamides is 1. The summed E-state index contributed by atoms with van der Waals surface area (Å²) in [6.07, 6.45) is 1.61. The van der Waals surface area contributed by atoms with Crippen molar-refractivity contribution in [2.24, 2.45) is 5.14 Å². The summed E-state index contributed by atoms with van der Waals surface area (Å²) < 4.78 is 24.5. The second-order valence-electron chi connectivity index (χ2n) is 5.03. The van der Waals surface area contributed by atoms with Crippen molar-refractivity contribution in [3.05, 3.63) is 52.8 Å². The molecule has 0 aliphatic heterocycles. The van der Waals surface area contributed by atoms with Gasteiger partial charge in [-0.2, -0.15) is 0 Å². The number of nitrogens with zero attached hydrogens (tertiary/aromatic N) is 1. The second kappa shape index (κ2) is 5.83. The Hall–Kier alpha value is -1.92. The Kier molecular flexibility index (Phi) is 4.29. The van der Waals surface area contributed by atoms with Crippen LogP contribution in [0.15, 0.2) is 35.2 Å². The molecule has 5 nitrogen and oxygen atoms in total. The predicted molar refractivity (Wildman–Crippen MR) is 80.8 cm³/mol. The van der Waals surface area contributed by atoms with Gasteiger partial charge >= 0.3 is 0 Å². The highest BCUT2D eigenvalue weighted by Crippen LogP contribution is 2.15. The molecule has 0 aliphatic carbocycles. The van der Waals surface area contributed by atoms with Crippen LogP contribution >= 0.6 is 0 Å². The first-order valence-electron chi connectivity index (χ1n) is 6.56. The largest absolute Gasteiger partial charge is 0.348 e. The Bertz CT molecular complexity index is 759. The number of aryl methyl sites for hydroxylation is 2. The molecule has 0 aliphatic rings. The van der Waals surface area contributed by atoms with Gasteiger partial charge in [-0.3, -0.25) is 4.79 Å². The molecule has 0 atom stereocenters. The van der Waals surface area contributed by atoms with Crippen molar-refractivity contribution in [2.45, 2.75) is 31.7 Å². The molecule has 21 heavy (non-hydrogen) atoms. The van der Waals surface area contributed by atoms with Crippen LogP contribution in [0.2, 0.25) is 0 Å². The van der Waals surface area contributed by atoms with E-state index in [1.807, 2.05) is 19.9 Å². The molecule has 0 saturated carbocycles. The lowest BCUT2D eigenvalue weighted by atomic mass is 10.1. The first-order chi connectivity index (χ1) is 9.82. The number of primary sulfonamides is 1. The van der Waals surface area contributed by atoms with E-state index in [9.17, 15) is 13.2 Å². The summed E-state index contributed by atoms with van der Waals surface area (Å²) in [5.74, 6) is 0. The van der Waals surface area contributed by atoms with Crippen molar-refractivity contribution < 1.29 is 13.2 Å². The maximum atomic E-state index is 11.2. The first-order valence-corrected chi connectivity index (χ1v) is 8.11. The smallest absolute Gasteiger partial charge is 0.238 e. The van der Waals surface area contributed by atoms with E-state index in [2.05, 4.69) is 4.57 Å². The van der Waals surface area contributed by atoms with Gasteiger partial charge in [0.05, 0.1) is 4.90 Å². The summed E-state index contributed by atoms with van der Waals surface area (Å²) in [4.78, 5) is 11.0. The molecule has 1 aromatic carbocycles. The number of hydrogen-bond donors (Lipinski definition) is 1. The monoisotopic (exact) mass is 306 g/mol. The molecule has 0 radical (unpaired) electrons. The lowest BCUT2D eigenvalue weighted by molar-refractivity contribution is 0.112. The number of aldehydes is 1. The van der Waals surface area contributed by atoms with Gasteiger partial charge in [0, 0.05) is 23.5 Å². The normalized spacial score (nSPS) is 11.6. The molecular formula is C15H18N2O3S. The van der Waals surface area contributed by atoms with E-state index in [0.29, 0.717) is 5.56 Å². The van der Waals surface area contributed by atoms with Gasteiger partial charge in [-0.25, -0.2) is 13.6 Å². The number of benzene rings is 1. The summed E-state index contributed by atoms with van der Waals surface area (Å²) in [5, 5.41) is 5.06. The van der Waals surface area contributed by atoms with Crippen molar-refractivity contribution in [2.75, 3.05) is 0 Å². The van der Waals surface area contributed by atoms with E-state index in [1.54, 1.807) is 12.1 Å². The van der Waals surface area contributed by atoms with Gasteiger partial charge in [0.1, 0.15) is 0 Å². The zero-order valence-electron chi connectivity index (χ0n) is 12.0. The molecule has 1 heterocycles. The predicted octanol–water partition coefficient (Wildman–Crippen LogP) is 1.81. The van der Waals surface area contributed by atoms with Crippen LogP contribution in [-0.2, 0) is 23.0 Å². The minimum absolute atomic E-state index is 0.114. The Labute approximate surface area is 124 Å². The summed E-state index contributed by atoms with van der Waals surface area (Å²) in [5.41, 5.74) is 3.71. The van der Waals surface area contributed by atoms with Crippen LogP contribution in [0, 0.1) is 13.8 Å². The minimum atomic E-state index is -3.64. The molecule has 0 bridgehead atoms. The number of carbonyl (C=O) groups excluding carboxylic acids is 1. The highest BCUT2D eigenvalue weighted by atomic mass is 32.2. The molecule has 1 aromatic heterocycles. The van der Waals surface area contributed by atoms with Crippen molar-refractivity contribution in [3.8, 4) is 0 Å². The molecule has 0 saturated heterocycles. The molecule has 0 spiro atoms. The zero-order valence-corrected chi connectivity index (χ0v) is 12.9. The summed E-state index contributed by atoms with van der Waals surface area (Å²) in [6.45, 7) is 4.62. The summed E-state index contributed by atoms with van der Waals surface area (Å²) in [7, 11) is -3.64. The number of hydrogen-bond acceptors (Lipinski definition) is 3. The maximum absolute atomic E-state index is 11.2. The van der Waals surface area contributed by atoms with Crippen LogP contribution < -0.4 is 5.14 Å². The van der Waals surface area contributed by atoms with E-state index < -0.39 is 10.0 Å². The number of carbonyl (C=O) groups is 1. The summed E-state index contributed by atoms with van der Waals surface area (Å²) in [6, 6.07) is 8.41. The molecule has 2 aromatic rings. The Morgan fingerprint density at radius 1 is 1.19 bits per heavy atom. The molecule has 112 valence electrons. The Morgan fingerprint density at radius 2 is 1.81 bits per heavy atom. The lowest BCUT2D eigenvalue weighted by Crippen LogP contribution is -2.12. The second-order valence-corrected chi connectivity index (χ2v) is 6.60. The summed E-state index contributed by atoms with van der Waals surface area (Å²) >= 11 is 0. The van der Waals surface area contributed by atoms with Crippen molar-refractivity contribution >= 4 is 16.3 Å². The molecule has 0 unspecified atom stereocenters. The molecule has 0 amide bonds. The van der Waals surface area contributed by atoms with E-state index in [0.717, 1.165) is 36.2 Å². The molecular weight excluding hydrogens is 288 g/mol. The van der Waals surface area contributed by atoms with Crippen molar-refractivity contribution in [3.63, 3.8) is 0 Å². The molecule has 2 rings (SSSR count). The molecule has 2 N–H and O–H groups in total. The van der Waals surface area contributed by atoms with Gasteiger partial charge in [0.15, 0.2) is 6.29 Å². The van der Waals surface area contributed by atoms with Crippen LogP contribution in [0.3, 0.4) is 0 Å². The third-order valence-corrected chi connectivity index (χ3v) is 4.54. The van der Waals surface area contributed by atoms with E-state index in [-0.39, 0.29) is 4.90 Å². The highest BCUT2D eigenvalue weighted by Gasteiger charge is 2.09. The number of nitrogens with two attached hydrogens (primary N) is 1. The first kappa shape index (κ1) is 15.5. The van der Waals surface area contributed by atoms with E-state index >= 15 is 0 Å². The standard InChI is InChI=1S/C15H18N2O3S/c1-11-9-14(10-18)12(2)17(11)8-7-13-3-5-15(6-4-13)21(16,19)20/h3-6,9-10H,7-8H2,1-2H3,(H2,16,19,20). The molecule has 6 heteroatoms. The minimum Gasteiger partial charge on any atom is -0.348 e. The van der Waals surface area contributed by atoms with Crippen molar-refractivity contribution in [1.82, 2.24) is 4.57 Å². The Morgan fingerprint density at radius 3 is 2.29 bits per heavy atom. The fraction of sp³-hybridized carbons (Fsp3) is 0.267. The van der Waals surface area contributed by atoms with Crippen LogP contribution in [-0.4, -0.2) is 19.3 Å². The van der Waals surface area contributed by atoms with Gasteiger partial charge < -0.3 is 4.57 Å². The van der Waals surface area contributed by atoms with E-state index in [4.69, 9.17) is 5.14 Å². The SMILES string of the molecule is Cc1cc(C=O)c(C)n1CCc1ccc(S(N)(=O)=O)cc1. The Balaban J connectivity index is 2.14. The topological polar surface area (TPSA) is 82.2 Å². The number of aromatic nitrogens is 1. The molecule has 0 fully saturated rings. The van der Waals surface area contributed by atoms with Gasteiger partial charge in [-0.1, -0.05) is 12.1 Å². The lowest BCUT2D eigenvalue weighted by Gasteiger charge is -2.09.